The van der Waals surface area contributed by atoms with E-state index in [1.165, 1.54) is 11.3 Å². The lowest BCUT2D eigenvalue weighted by atomic mass is 9.97. The van der Waals surface area contributed by atoms with E-state index in [1.807, 2.05) is 11.8 Å². The van der Waals surface area contributed by atoms with Crippen LogP contribution in [0.1, 0.15) is 53.9 Å². The number of primary amides is 1. The monoisotopic (exact) mass is 393 g/mol. The number of rotatable bonds is 6. The first-order valence-corrected chi connectivity index (χ1v) is 10.4. The third-order valence-electron chi connectivity index (χ3n) is 5.40. The van der Waals surface area contributed by atoms with Crippen LogP contribution in [0.2, 0.25) is 0 Å². The highest BCUT2D eigenvalue weighted by Crippen LogP contribution is 2.39. The van der Waals surface area contributed by atoms with E-state index in [0.29, 0.717) is 23.7 Å². The molecule has 0 spiro atoms. The van der Waals surface area contributed by atoms with Gasteiger partial charge in [0.2, 0.25) is 5.91 Å². The summed E-state index contributed by atoms with van der Waals surface area (Å²) in [5.74, 6) is -1.05. The summed E-state index contributed by atoms with van der Waals surface area (Å²) in [6.07, 6.45) is 4.42. The number of hydrogen-bond acceptors (Lipinski definition) is 6. The fourth-order valence-corrected chi connectivity index (χ4v) is 5.24. The summed E-state index contributed by atoms with van der Waals surface area (Å²) in [6, 6.07) is -0.403. The molecule has 2 atom stereocenters. The topological polar surface area (TPSA) is 102 Å². The molecule has 3 N–H and O–H groups in total. The first-order chi connectivity index (χ1) is 12.9. The molecule has 148 valence electrons. The molecule has 1 fully saturated rings. The lowest BCUT2D eigenvalue weighted by Gasteiger charge is -2.35. The Morgan fingerprint density at radius 2 is 2.11 bits per heavy atom. The summed E-state index contributed by atoms with van der Waals surface area (Å²) in [6.45, 7) is 5.26. The standard InChI is InChI=1S/C19H27N3O4S/c1-3-26-19(25)12-6-5-9-22(10-12)11(2)17(24)21-18-15(16(20)23)13-7-4-8-14(13)27-18/h11-12H,3-10H2,1-2H3,(H2,20,23)(H,21,24). The van der Waals surface area contributed by atoms with Crippen LogP contribution in [0.4, 0.5) is 5.00 Å². The molecule has 2 amide bonds. The number of thiophene rings is 1. The summed E-state index contributed by atoms with van der Waals surface area (Å²) in [5.41, 5.74) is 7.03. The molecule has 0 radical (unpaired) electrons. The second-order valence-electron chi connectivity index (χ2n) is 7.18. The van der Waals surface area contributed by atoms with Gasteiger partial charge in [0.25, 0.3) is 5.91 Å². The van der Waals surface area contributed by atoms with E-state index < -0.39 is 11.9 Å². The number of anilines is 1. The van der Waals surface area contributed by atoms with Crippen molar-refractivity contribution < 1.29 is 19.1 Å². The second kappa shape index (κ2) is 8.39. The molecule has 2 heterocycles. The van der Waals surface area contributed by atoms with Gasteiger partial charge < -0.3 is 15.8 Å². The van der Waals surface area contributed by atoms with Gasteiger partial charge in [0.1, 0.15) is 5.00 Å². The number of likely N-dealkylation sites (tertiary alicyclic amines) is 1. The van der Waals surface area contributed by atoms with Gasteiger partial charge in [0, 0.05) is 11.4 Å². The van der Waals surface area contributed by atoms with Crippen LogP contribution < -0.4 is 11.1 Å². The Labute approximate surface area is 163 Å². The lowest BCUT2D eigenvalue weighted by molar-refractivity contribution is -0.150. The molecule has 1 aliphatic carbocycles. The molecule has 27 heavy (non-hydrogen) atoms. The van der Waals surface area contributed by atoms with Gasteiger partial charge in [-0.25, -0.2) is 0 Å². The molecular formula is C19H27N3O4S. The Balaban J connectivity index is 1.68. The number of esters is 1. The zero-order chi connectivity index (χ0) is 19.6. The second-order valence-corrected chi connectivity index (χ2v) is 8.28. The minimum Gasteiger partial charge on any atom is -0.466 e. The first-order valence-electron chi connectivity index (χ1n) is 9.58. The third-order valence-corrected chi connectivity index (χ3v) is 6.61. The van der Waals surface area contributed by atoms with E-state index in [4.69, 9.17) is 10.5 Å². The van der Waals surface area contributed by atoms with E-state index in [-0.39, 0.29) is 17.8 Å². The summed E-state index contributed by atoms with van der Waals surface area (Å²) in [7, 11) is 0. The Morgan fingerprint density at radius 3 is 2.81 bits per heavy atom. The van der Waals surface area contributed by atoms with E-state index in [2.05, 4.69) is 5.32 Å². The van der Waals surface area contributed by atoms with Gasteiger partial charge in [-0.05, 0) is 58.1 Å². The molecule has 0 saturated carbocycles. The normalized spacial score (nSPS) is 20.7. The number of hydrogen-bond donors (Lipinski definition) is 2. The average molecular weight is 394 g/mol. The van der Waals surface area contributed by atoms with Crippen LogP contribution in [-0.2, 0) is 27.2 Å². The summed E-state index contributed by atoms with van der Waals surface area (Å²) >= 11 is 1.46. The van der Waals surface area contributed by atoms with Crippen LogP contribution >= 0.6 is 11.3 Å². The number of fused-ring (bicyclic) bond motifs is 1. The number of ether oxygens (including phenoxy) is 1. The largest absolute Gasteiger partial charge is 0.466 e. The van der Waals surface area contributed by atoms with Gasteiger partial charge in [-0.2, -0.15) is 0 Å². The Morgan fingerprint density at radius 1 is 1.33 bits per heavy atom. The number of piperidine rings is 1. The molecule has 1 aromatic heterocycles. The number of amides is 2. The highest BCUT2D eigenvalue weighted by molar-refractivity contribution is 7.17. The zero-order valence-corrected chi connectivity index (χ0v) is 16.7. The molecule has 2 aliphatic rings. The van der Waals surface area contributed by atoms with Gasteiger partial charge in [0.15, 0.2) is 0 Å². The van der Waals surface area contributed by atoms with Crippen LogP contribution in [0.5, 0.6) is 0 Å². The van der Waals surface area contributed by atoms with Crippen molar-refractivity contribution in [1.82, 2.24) is 4.90 Å². The molecule has 3 rings (SSSR count). The molecule has 0 aromatic carbocycles. The first kappa shape index (κ1) is 19.8. The quantitative estimate of drug-likeness (QED) is 0.719. The Bertz CT molecular complexity index is 746. The highest BCUT2D eigenvalue weighted by atomic mass is 32.1. The van der Waals surface area contributed by atoms with Crippen molar-refractivity contribution in [2.45, 2.75) is 52.0 Å². The SMILES string of the molecule is CCOC(=O)C1CCCN(C(C)C(=O)Nc2sc3c(c2C(N)=O)CCC3)C1. The van der Waals surface area contributed by atoms with Gasteiger partial charge in [-0.1, -0.05) is 0 Å². The highest BCUT2D eigenvalue weighted by Gasteiger charge is 2.33. The maximum Gasteiger partial charge on any atom is 0.310 e. The molecule has 7 nitrogen and oxygen atoms in total. The van der Waals surface area contributed by atoms with Crippen LogP contribution in [0.3, 0.4) is 0 Å². The van der Waals surface area contributed by atoms with Crippen molar-refractivity contribution in [3.8, 4) is 0 Å². The van der Waals surface area contributed by atoms with Crippen molar-refractivity contribution in [2.75, 3.05) is 25.0 Å². The fraction of sp³-hybridized carbons (Fsp3) is 0.632. The van der Waals surface area contributed by atoms with Crippen LogP contribution in [0.25, 0.3) is 0 Å². The molecular weight excluding hydrogens is 366 g/mol. The fourth-order valence-electron chi connectivity index (χ4n) is 3.95. The van der Waals surface area contributed by atoms with E-state index in [0.717, 1.165) is 49.1 Å². The van der Waals surface area contributed by atoms with E-state index in [1.54, 1.807) is 6.92 Å². The molecule has 0 bridgehead atoms. The average Bonchev–Trinajstić information content (AvgIpc) is 3.21. The number of nitrogens with two attached hydrogens (primary N) is 1. The number of nitrogens with one attached hydrogen (secondary N) is 1. The van der Waals surface area contributed by atoms with Crippen molar-refractivity contribution in [3.63, 3.8) is 0 Å². The number of carbonyl (C=O) groups is 3. The van der Waals surface area contributed by atoms with Crippen molar-refractivity contribution in [2.24, 2.45) is 11.7 Å². The van der Waals surface area contributed by atoms with E-state index >= 15 is 0 Å². The predicted octanol–water partition coefficient (Wildman–Crippen LogP) is 1.94. The molecule has 8 heteroatoms. The van der Waals surface area contributed by atoms with Gasteiger partial charge in [0.05, 0.1) is 24.1 Å². The smallest absolute Gasteiger partial charge is 0.310 e. The van der Waals surface area contributed by atoms with Crippen LogP contribution in [-0.4, -0.2) is 48.4 Å². The maximum absolute atomic E-state index is 12.8. The minimum atomic E-state index is -0.488. The molecule has 1 aliphatic heterocycles. The maximum atomic E-state index is 12.8. The van der Waals surface area contributed by atoms with Crippen molar-refractivity contribution >= 4 is 34.1 Å². The van der Waals surface area contributed by atoms with Gasteiger partial charge in [-0.3, -0.25) is 19.3 Å². The molecule has 2 unspecified atom stereocenters. The minimum absolute atomic E-state index is 0.179. The third kappa shape index (κ3) is 4.16. The van der Waals surface area contributed by atoms with Crippen molar-refractivity contribution in [1.29, 1.82) is 0 Å². The van der Waals surface area contributed by atoms with Gasteiger partial charge in [-0.15, -0.1) is 11.3 Å². The Kier molecular flexibility index (Phi) is 6.16. The Hall–Kier alpha value is -1.93. The lowest BCUT2D eigenvalue weighted by Crippen LogP contribution is -2.48. The summed E-state index contributed by atoms with van der Waals surface area (Å²) in [5, 5.41) is 3.47. The predicted molar refractivity (Wildman–Crippen MR) is 104 cm³/mol. The zero-order valence-electron chi connectivity index (χ0n) is 15.9. The van der Waals surface area contributed by atoms with Crippen LogP contribution in [0.15, 0.2) is 0 Å². The molecule has 1 saturated heterocycles. The number of aryl methyl sites for hydroxylation is 1. The van der Waals surface area contributed by atoms with Gasteiger partial charge >= 0.3 is 5.97 Å². The number of carbonyl (C=O) groups excluding carboxylic acids is 3. The molecule has 1 aromatic rings. The summed E-state index contributed by atoms with van der Waals surface area (Å²) < 4.78 is 5.13. The number of nitrogens with zero attached hydrogens (tertiary/aromatic N) is 1. The van der Waals surface area contributed by atoms with Crippen LogP contribution in [0, 0.1) is 5.92 Å². The summed E-state index contributed by atoms with van der Waals surface area (Å²) in [4.78, 5) is 39.9. The van der Waals surface area contributed by atoms with E-state index in [9.17, 15) is 14.4 Å². The van der Waals surface area contributed by atoms with Crippen molar-refractivity contribution in [3.05, 3.63) is 16.0 Å².